The van der Waals surface area contributed by atoms with Crippen LogP contribution in [0.5, 0.6) is 0 Å². The largest absolute Gasteiger partial charge is 0.396 e. The summed E-state index contributed by atoms with van der Waals surface area (Å²) >= 11 is 0. The second kappa shape index (κ2) is 4.56. The lowest BCUT2D eigenvalue weighted by Crippen LogP contribution is -2.62. The Morgan fingerprint density at radius 1 is 1.30 bits per heavy atom. The Morgan fingerprint density at radius 2 is 2.00 bits per heavy atom. The molecule has 3 heteroatoms. The van der Waals surface area contributed by atoms with Crippen LogP contribution in [0.1, 0.15) is 47.0 Å². The van der Waals surface area contributed by atoms with Gasteiger partial charge in [0, 0.05) is 23.9 Å². The van der Waals surface area contributed by atoms with Crippen molar-refractivity contribution in [1.82, 2.24) is 0 Å². The van der Waals surface area contributed by atoms with Crippen molar-refractivity contribution in [3.05, 3.63) is 11.1 Å². The third-order valence-electron chi connectivity index (χ3n) is 6.79. The molecule has 20 heavy (non-hydrogen) atoms. The van der Waals surface area contributed by atoms with Crippen molar-refractivity contribution in [2.24, 2.45) is 28.6 Å². The number of allylic oxidation sites excluding steroid dienone is 1. The van der Waals surface area contributed by atoms with Gasteiger partial charge in [0.15, 0.2) is 6.29 Å². The van der Waals surface area contributed by atoms with E-state index in [1.54, 1.807) is 0 Å². The lowest BCUT2D eigenvalue weighted by Gasteiger charge is -2.62. The van der Waals surface area contributed by atoms with Gasteiger partial charge in [0.05, 0.1) is 6.61 Å². The Morgan fingerprint density at radius 3 is 2.65 bits per heavy atom. The Hall–Kier alpha value is -0.380. The van der Waals surface area contributed by atoms with E-state index >= 15 is 0 Å². The van der Waals surface area contributed by atoms with Gasteiger partial charge in [-0.25, -0.2) is 0 Å². The molecule has 1 saturated heterocycles. The molecule has 1 aliphatic heterocycles. The van der Waals surface area contributed by atoms with Crippen LogP contribution in [-0.4, -0.2) is 29.7 Å². The second-order valence-electron chi connectivity index (χ2n) is 7.84. The van der Waals surface area contributed by atoms with Crippen molar-refractivity contribution in [1.29, 1.82) is 0 Å². The first kappa shape index (κ1) is 14.6. The highest BCUT2D eigenvalue weighted by Gasteiger charge is 2.62. The van der Waals surface area contributed by atoms with Gasteiger partial charge < -0.3 is 14.9 Å². The van der Waals surface area contributed by atoms with Crippen molar-refractivity contribution in [2.45, 2.75) is 53.2 Å². The van der Waals surface area contributed by atoms with Gasteiger partial charge in [-0.05, 0) is 30.6 Å². The number of hydrogen-bond donors (Lipinski definition) is 2. The highest BCUT2D eigenvalue weighted by atomic mass is 16.6. The zero-order valence-corrected chi connectivity index (χ0v) is 13.1. The molecule has 5 atom stereocenters. The molecule has 0 radical (unpaired) electrons. The van der Waals surface area contributed by atoms with Crippen LogP contribution in [0.3, 0.4) is 0 Å². The number of aliphatic hydroxyl groups is 2. The Labute approximate surface area is 122 Å². The SMILES string of the molecule is C[C@@H]1CCC2=C(C1)[C@@H]1CO[C@@H](O)[C@@](C)([C@H]1CO)C2(C)C. The van der Waals surface area contributed by atoms with Gasteiger partial charge in [0.2, 0.25) is 0 Å². The molecular weight excluding hydrogens is 252 g/mol. The average Bonchev–Trinajstić information content (AvgIpc) is 2.40. The van der Waals surface area contributed by atoms with E-state index in [-0.39, 0.29) is 17.9 Å². The lowest BCUT2D eigenvalue weighted by atomic mass is 9.46. The fraction of sp³-hybridized carbons (Fsp3) is 0.882. The molecule has 0 aromatic heterocycles. The standard InChI is InChI=1S/C17H28O3/c1-10-5-6-13-11(7-10)12-9-20-15(19)17(4,14(12)8-18)16(13,2)3/h10,12,14-15,18-19H,5-9H2,1-4H3/t10-,12+,14+,15-,17-/m1/s1. The molecule has 0 aromatic carbocycles. The van der Waals surface area contributed by atoms with E-state index in [1.165, 1.54) is 17.6 Å². The molecule has 0 aromatic rings. The molecular formula is C17H28O3. The molecule has 1 heterocycles. The number of aliphatic hydroxyl groups excluding tert-OH is 2. The van der Waals surface area contributed by atoms with Gasteiger partial charge in [-0.15, -0.1) is 0 Å². The minimum atomic E-state index is -0.778. The first-order chi connectivity index (χ1) is 9.34. The van der Waals surface area contributed by atoms with Gasteiger partial charge in [0.1, 0.15) is 0 Å². The summed E-state index contributed by atoms with van der Waals surface area (Å²) in [7, 11) is 0. The Kier molecular flexibility index (Phi) is 3.32. The molecule has 0 amide bonds. The predicted molar refractivity (Wildman–Crippen MR) is 78.0 cm³/mol. The summed E-state index contributed by atoms with van der Waals surface area (Å²) in [4.78, 5) is 0. The topological polar surface area (TPSA) is 49.7 Å². The van der Waals surface area contributed by atoms with Gasteiger partial charge in [-0.3, -0.25) is 0 Å². The summed E-state index contributed by atoms with van der Waals surface area (Å²) in [5, 5.41) is 20.5. The van der Waals surface area contributed by atoms with E-state index in [2.05, 4.69) is 27.7 Å². The predicted octanol–water partition coefficient (Wildman–Crippen LogP) is 2.72. The quantitative estimate of drug-likeness (QED) is 0.726. The van der Waals surface area contributed by atoms with Crippen LogP contribution in [0.25, 0.3) is 0 Å². The van der Waals surface area contributed by atoms with Crippen LogP contribution >= 0.6 is 0 Å². The normalized spacial score (nSPS) is 47.1. The van der Waals surface area contributed by atoms with Crippen molar-refractivity contribution < 1.29 is 14.9 Å². The fourth-order valence-corrected chi connectivity index (χ4v) is 5.08. The average molecular weight is 280 g/mol. The minimum absolute atomic E-state index is 0.102. The van der Waals surface area contributed by atoms with E-state index in [4.69, 9.17) is 4.74 Å². The molecule has 0 unspecified atom stereocenters. The summed E-state index contributed by atoms with van der Waals surface area (Å²) < 4.78 is 5.71. The zero-order chi connectivity index (χ0) is 14.7. The molecule has 2 N–H and O–H groups in total. The van der Waals surface area contributed by atoms with Crippen molar-refractivity contribution in [3.8, 4) is 0 Å². The van der Waals surface area contributed by atoms with Crippen molar-refractivity contribution in [3.63, 3.8) is 0 Å². The van der Waals surface area contributed by atoms with Gasteiger partial charge in [-0.2, -0.15) is 0 Å². The van der Waals surface area contributed by atoms with E-state index in [1.807, 2.05) is 0 Å². The van der Waals surface area contributed by atoms with E-state index < -0.39 is 11.7 Å². The minimum Gasteiger partial charge on any atom is -0.396 e. The summed E-state index contributed by atoms with van der Waals surface area (Å²) in [6.07, 6.45) is 2.74. The molecule has 2 aliphatic carbocycles. The van der Waals surface area contributed by atoms with Gasteiger partial charge in [0.25, 0.3) is 0 Å². The first-order valence-electron chi connectivity index (χ1n) is 7.97. The second-order valence-corrected chi connectivity index (χ2v) is 7.84. The van der Waals surface area contributed by atoms with Crippen LogP contribution in [0, 0.1) is 28.6 Å². The zero-order valence-electron chi connectivity index (χ0n) is 13.1. The van der Waals surface area contributed by atoms with Gasteiger partial charge >= 0.3 is 0 Å². The molecule has 2 bridgehead atoms. The van der Waals surface area contributed by atoms with Crippen molar-refractivity contribution in [2.75, 3.05) is 13.2 Å². The maximum Gasteiger partial charge on any atom is 0.161 e. The molecule has 3 rings (SSSR count). The Balaban J connectivity index is 2.17. The number of ether oxygens (including phenoxy) is 1. The van der Waals surface area contributed by atoms with Crippen LogP contribution in [0.2, 0.25) is 0 Å². The molecule has 114 valence electrons. The Bertz CT molecular complexity index is 440. The van der Waals surface area contributed by atoms with E-state index in [0.29, 0.717) is 12.5 Å². The number of hydrogen-bond acceptors (Lipinski definition) is 3. The molecule has 3 aliphatic rings. The molecule has 0 saturated carbocycles. The maximum absolute atomic E-state index is 10.5. The summed E-state index contributed by atoms with van der Waals surface area (Å²) in [6.45, 7) is 9.58. The lowest BCUT2D eigenvalue weighted by molar-refractivity contribution is -0.275. The third kappa shape index (κ3) is 1.63. The maximum atomic E-state index is 10.5. The van der Waals surface area contributed by atoms with E-state index in [9.17, 15) is 10.2 Å². The molecule has 0 spiro atoms. The highest BCUT2D eigenvalue weighted by molar-refractivity contribution is 5.35. The summed E-state index contributed by atoms with van der Waals surface area (Å²) in [6, 6.07) is 0. The molecule has 3 nitrogen and oxygen atoms in total. The number of fused-ring (bicyclic) bond motifs is 3. The summed E-state index contributed by atoms with van der Waals surface area (Å²) in [5.41, 5.74) is 2.54. The smallest absolute Gasteiger partial charge is 0.161 e. The van der Waals surface area contributed by atoms with Crippen molar-refractivity contribution >= 4 is 0 Å². The fourth-order valence-electron chi connectivity index (χ4n) is 5.08. The van der Waals surface area contributed by atoms with Crippen LogP contribution in [0.4, 0.5) is 0 Å². The van der Waals surface area contributed by atoms with Crippen LogP contribution in [0.15, 0.2) is 11.1 Å². The first-order valence-corrected chi connectivity index (χ1v) is 7.97. The monoisotopic (exact) mass is 280 g/mol. The molecule has 1 fully saturated rings. The number of rotatable bonds is 1. The van der Waals surface area contributed by atoms with Gasteiger partial charge in [-0.1, -0.05) is 38.8 Å². The summed E-state index contributed by atoms with van der Waals surface area (Å²) in [5.74, 6) is 1.12. The van der Waals surface area contributed by atoms with Crippen LogP contribution in [-0.2, 0) is 4.74 Å². The van der Waals surface area contributed by atoms with E-state index in [0.717, 1.165) is 18.8 Å². The van der Waals surface area contributed by atoms with Crippen LogP contribution < -0.4 is 0 Å². The third-order valence-corrected chi connectivity index (χ3v) is 6.79. The highest BCUT2D eigenvalue weighted by Crippen LogP contribution is 2.64.